The van der Waals surface area contributed by atoms with E-state index in [1.165, 1.54) is 0 Å². The van der Waals surface area contributed by atoms with Crippen molar-refractivity contribution in [3.8, 4) is 5.75 Å². The Morgan fingerprint density at radius 3 is 2.78 bits per heavy atom. The molecule has 3 atom stereocenters. The Bertz CT molecular complexity index is 535. The molecule has 1 aromatic rings. The normalized spacial score (nSPS) is 26.2. The molecule has 5 heteroatoms. The Morgan fingerprint density at radius 2 is 2.09 bits per heavy atom. The number of amides is 2. The highest BCUT2D eigenvalue weighted by Crippen LogP contribution is 2.36. The van der Waals surface area contributed by atoms with Crippen molar-refractivity contribution < 1.29 is 14.6 Å². The molecule has 1 unspecified atom stereocenters. The van der Waals surface area contributed by atoms with Crippen molar-refractivity contribution in [2.45, 2.75) is 38.7 Å². The minimum absolute atomic E-state index is 0.0838. The minimum atomic E-state index is -0.227. The fourth-order valence-corrected chi connectivity index (χ4v) is 3.56. The van der Waals surface area contributed by atoms with E-state index in [1.807, 2.05) is 29.2 Å². The predicted octanol–water partition coefficient (Wildman–Crippen LogP) is 3.10. The fraction of sp³-hybridized carbons (Fsp3) is 0.611. The standard InChI is InChI=1S/C18H26N2O3/c1-2-3-9-23-16-6-4-5-15(10-16)19-18(22)20-11-13-7-8-14(12-20)17(13)21/h4-6,10,13-14,17,21H,2-3,7-9,11-12H2,1H3,(H,19,22)/t13-,14+,17?. The van der Waals surface area contributed by atoms with E-state index < -0.39 is 0 Å². The Labute approximate surface area is 137 Å². The lowest BCUT2D eigenvalue weighted by Gasteiger charge is -2.35. The monoisotopic (exact) mass is 318 g/mol. The summed E-state index contributed by atoms with van der Waals surface area (Å²) < 4.78 is 5.67. The summed E-state index contributed by atoms with van der Waals surface area (Å²) in [5, 5.41) is 13.0. The molecular weight excluding hydrogens is 292 g/mol. The van der Waals surface area contributed by atoms with Crippen molar-refractivity contribution in [2.75, 3.05) is 25.0 Å². The van der Waals surface area contributed by atoms with Gasteiger partial charge in [0.05, 0.1) is 12.7 Å². The molecule has 0 aromatic heterocycles. The average molecular weight is 318 g/mol. The van der Waals surface area contributed by atoms with Gasteiger partial charge >= 0.3 is 6.03 Å². The highest BCUT2D eigenvalue weighted by molar-refractivity contribution is 5.89. The number of hydrogen-bond donors (Lipinski definition) is 2. The Hall–Kier alpha value is -1.75. The van der Waals surface area contributed by atoms with Crippen LogP contribution in [0, 0.1) is 11.8 Å². The summed E-state index contributed by atoms with van der Waals surface area (Å²) in [6, 6.07) is 7.45. The number of unbranched alkanes of at least 4 members (excludes halogenated alkanes) is 1. The molecule has 0 spiro atoms. The smallest absolute Gasteiger partial charge is 0.321 e. The lowest BCUT2D eigenvalue weighted by Crippen LogP contribution is -2.48. The number of hydrogen-bond acceptors (Lipinski definition) is 3. The number of anilines is 1. The zero-order valence-corrected chi connectivity index (χ0v) is 13.7. The molecule has 0 radical (unpaired) electrons. The van der Waals surface area contributed by atoms with E-state index in [0.717, 1.165) is 37.1 Å². The van der Waals surface area contributed by atoms with Gasteiger partial charge in [-0.05, 0) is 31.4 Å². The number of likely N-dealkylation sites (tertiary alicyclic amines) is 1. The van der Waals surface area contributed by atoms with Crippen LogP contribution < -0.4 is 10.1 Å². The fourth-order valence-electron chi connectivity index (χ4n) is 3.56. The zero-order valence-electron chi connectivity index (χ0n) is 13.7. The van der Waals surface area contributed by atoms with Crippen LogP contribution in [0.25, 0.3) is 0 Å². The van der Waals surface area contributed by atoms with Crippen LogP contribution in [0.2, 0.25) is 0 Å². The summed E-state index contributed by atoms with van der Waals surface area (Å²) in [5.41, 5.74) is 0.752. The van der Waals surface area contributed by atoms with Gasteiger partial charge in [0.2, 0.25) is 0 Å². The van der Waals surface area contributed by atoms with E-state index in [2.05, 4.69) is 12.2 Å². The van der Waals surface area contributed by atoms with Gasteiger partial charge < -0.3 is 20.1 Å². The number of rotatable bonds is 5. The number of aliphatic hydroxyl groups is 1. The molecule has 2 fully saturated rings. The molecule has 2 N–H and O–H groups in total. The SMILES string of the molecule is CCCCOc1cccc(NC(=O)N2C[C@H]3CC[C@@H](C2)C3O)c1. The molecule has 23 heavy (non-hydrogen) atoms. The van der Waals surface area contributed by atoms with Crippen LogP contribution in [0.1, 0.15) is 32.6 Å². The van der Waals surface area contributed by atoms with Gasteiger partial charge in [0, 0.05) is 36.7 Å². The van der Waals surface area contributed by atoms with Gasteiger partial charge in [-0.15, -0.1) is 0 Å². The van der Waals surface area contributed by atoms with Crippen LogP contribution in [0.3, 0.4) is 0 Å². The maximum Gasteiger partial charge on any atom is 0.321 e. The van der Waals surface area contributed by atoms with Crippen molar-refractivity contribution in [3.05, 3.63) is 24.3 Å². The number of urea groups is 1. The Morgan fingerprint density at radius 1 is 1.35 bits per heavy atom. The molecule has 2 bridgehead atoms. The van der Waals surface area contributed by atoms with Gasteiger partial charge in [-0.2, -0.15) is 0 Å². The molecule has 1 aliphatic carbocycles. The first-order valence-electron chi connectivity index (χ1n) is 8.64. The summed E-state index contributed by atoms with van der Waals surface area (Å²) in [5.74, 6) is 1.26. The highest BCUT2D eigenvalue weighted by atomic mass is 16.5. The minimum Gasteiger partial charge on any atom is -0.494 e. The Balaban J connectivity index is 1.56. The summed E-state index contributed by atoms with van der Waals surface area (Å²) in [6.45, 7) is 4.12. The van der Waals surface area contributed by atoms with Crippen LogP contribution in [-0.2, 0) is 0 Å². The number of carbonyl (C=O) groups excluding carboxylic acids is 1. The van der Waals surface area contributed by atoms with E-state index in [-0.39, 0.29) is 24.0 Å². The summed E-state index contributed by atoms with van der Waals surface area (Å²) >= 11 is 0. The second-order valence-corrected chi connectivity index (χ2v) is 6.65. The maximum atomic E-state index is 12.5. The van der Waals surface area contributed by atoms with Crippen LogP contribution in [0.5, 0.6) is 5.75 Å². The molecule has 1 aromatic carbocycles. The molecule has 1 saturated heterocycles. The average Bonchev–Trinajstić information content (AvgIpc) is 2.76. The first-order valence-corrected chi connectivity index (χ1v) is 8.64. The van der Waals surface area contributed by atoms with Crippen LogP contribution >= 0.6 is 0 Å². The molecule has 5 nitrogen and oxygen atoms in total. The van der Waals surface area contributed by atoms with Gasteiger partial charge in [-0.3, -0.25) is 0 Å². The van der Waals surface area contributed by atoms with Crippen LogP contribution in [0.4, 0.5) is 10.5 Å². The largest absolute Gasteiger partial charge is 0.494 e. The van der Waals surface area contributed by atoms with Crippen LogP contribution in [-0.4, -0.2) is 41.8 Å². The van der Waals surface area contributed by atoms with Crippen LogP contribution in [0.15, 0.2) is 24.3 Å². The van der Waals surface area contributed by atoms with E-state index in [9.17, 15) is 9.90 Å². The van der Waals surface area contributed by atoms with Crippen molar-refractivity contribution in [1.29, 1.82) is 0 Å². The number of benzene rings is 1. The van der Waals surface area contributed by atoms with E-state index >= 15 is 0 Å². The van der Waals surface area contributed by atoms with Gasteiger partial charge in [-0.25, -0.2) is 4.79 Å². The number of fused-ring (bicyclic) bond motifs is 2. The number of ether oxygens (including phenoxy) is 1. The second kappa shape index (κ2) is 7.21. The number of carbonyl (C=O) groups is 1. The van der Waals surface area contributed by atoms with Gasteiger partial charge in [0.25, 0.3) is 0 Å². The number of aliphatic hydroxyl groups excluding tert-OH is 1. The Kier molecular flexibility index (Phi) is 5.06. The van der Waals surface area contributed by atoms with Crippen molar-refractivity contribution in [2.24, 2.45) is 11.8 Å². The first-order chi connectivity index (χ1) is 11.2. The highest BCUT2D eigenvalue weighted by Gasteiger charge is 2.42. The van der Waals surface area contributed by atoms with Gasteiger partial charge in [0.1, 0.15) is 5.75 Å². The van der Waals surface area contributed by atoms with E-state index in [1.54, 1.807) is 0 Å². The summed E-state index contributed by atoms with van der Waals surface area (Å²) in [6.07, 6.45) is 3.94. The molecule has 1 heterocycles. The number of nitrogens with one attached hydrogen (secondary N) is 1. The van der Waals surface area contributed by atoms with Crippen molar-refractivity contribution in [3.63, 3.8) is 0 Å². The predicted molar refractivity (Wildman–Crippen MR) is 89.7 cm³/mol. The summed E-state index contributed by atoms with van der Waals surface area (Å²) in [4.78, 5) is 14.3. The van der Waals surface area contributed by atoms with Gasteiger partial charge in [0.15, 0.2) is 0 Å². The van der Waals surface area contributed by atoms with E-state index in [0.29, 0.717) is 19.7 Å². The quantitative estimate of drug-likeness (QED) is 0.820. The third-order valence-electron chi connectivity index (χ3n) is 4.92. The molecule has 3 rings (SSSR count). The molecule has 2 aliphatic rings. The van der Waals surface area contributed by atoms with Gasteiger partial charge in [-0.1, -0.05) is 19.4 Å². The topological polar surface area (TPSA) is 61.8 Å². The first kappa shape index (κ1) is 16.1. The second-order valence-electron chi connectivity index (χ2n) is 6.65. The molecule has 1 saturated carbocycles. The van der Waals surface area contributed by atoms with Crippen molar-refractivity contribution >= 4 is 11.7 Å². The van der Waals surface area contributed by atoms with Crippen molar-refractivity contribution in [1.82, 2.24) is 4.90 Å². The maximum absolute atomic E-state index is 12.5. The third-order valence-corrected chi connectivity index (χ3v) is 4.92. The lowest BCUT2D eigenvalue weighted by atomic mass is 9.95. The molecule has 1 aliphatic heterocycles. The third kappa shape index (κ3) is 3.78. The number of piperidine rings is 1. The molecular formula is C18H26N2O3. The molecule has 126 valence electrons. The summed E-state index contributed by atoms with van der Waals surface area (Å²) in [7, 11) is 0. The lowest BCUT2D eigenvalue weighted by molar-refractivity contribution is 0.0326. The number of nitrogens with zero attached hydrogens (tertiary/aromatic N) is 1. The zero-order chi connectivity index (χ0) is 16.2. The van der Waals surface area contributed by atoms with E-state index in [4.69, 9.17) is 4.74 Å². The molecule has 2 amide bonds.